The third kappa shape index (κ3) is 13.1. The van der Waals surface area contributed by atoms with E-state index in [-0.39, 0.29) is 72.4 Å². The van der Waals surface area contributed by atoms with E-state index in [0.717, 1.165) is 0 Å². The van der Waals surface area contributed by atoms with E-state index in [9.17, 15) is 0 Å². The van der Waals surface area contributed by atoms with Crippen molar-refractivity contribution < 1.29 is 46.5 Å². The Hall–Kier alpha value is 0.641. The van der Waals surface area contributed by atoms with Crippen molar-refractivity contribution in [2.45, 2.75) is 27.7 Å². The molecule has 0 N–H and O–H groups in total. The van der Waals surface area contributed by atoms with Crippen LogP contribution in [0.25, 0.3) is 0 Å². The molecule has 0 spiro atoms. The van der Waals surface area contributed by atoms with Crippen LogP contribution in [0.4, 0.5) is 0 Å². The van der Waals surface area contributed by atoms with Crippen LogP contribution >= 0.6 is 9.24 Å². The van der Waals surface area contributed by atoms with Gasteiger partial charge in [0, 0.05) is 0 Å². The first-order chi connectivity index (χ1) is 7.52. The van der Waals surface area contributed by atoms with Crippen LogP contribution in [0.5, 0.6) is 0 Å². The molecule has 1 aromatic rings. The minimum Gasteiger partial charge on any atom is -1.00 e. The Bertz CT molecular complexity index is 420. The maximum Gasteiger partial charge on any atom is 2.00 e. The SMILES string of the molecule is CC1=[C-]C(C)C(C)=C1C.Pc1ccccc1.[CH3-].[CH3-].[Cl-].[Cl-].[SiH4].[Ti+2]. The van der Waals surface area contributed by atoms with Crippen molar-refractivity contribution >= 4 is 25.5 Å². The zero-order chi connectivity index (χ0) is 12.1. The van der Waals surface area contributed by atoms with Gasteiger partial charge in [0.2, 0.25) is 0 Å². The Balaban J connectivity index is -0.0000000464. The predicted octanol–water partition coefficient (Wildman–Crippen LogP) is -2.64. The summed E-state index contributed by atoms with van der Waals surface area (Å²) in [6, 6.07) is 10.1. The van der Waals surface area contributed by atoms with E-state index in [1.165, 1.54) is 22.0 Å². The van der Waals surface area contributed by atoms with Crippen molar-refractivity contribution in [3.8, 4) is 0 Å². The number of halogens is 2. The zero-order valence-electron chi connectivity index (χ0n) is 13.8. The van der Waals surface area contributed by atoms with Crippen LogP contribution in [0.1, 0.15) is 27.7 Å². The van der Waals surface area contributed by atoms with Gasteiger partial charge in [-0.05, 0) is 16.3 Å². The maximum atomic E-state index is 3.36. The predicted molar refractivity (Wildman–Crippen MR) is 99.9 cm³/mol. The average molecular weight is 412 g/mol. The number of allylic oxidation sites excluding steroid dienone is 4. The van der Waals surface area contributed by atoms with Crippen molar-refractivity contribution in [2.75, 3.05) is 0 Å². The van der Waals surface area contributed by atoms with E-state index >= 15 is 0 Å². The molecule has 5 heteroatoms. The Morgan fingerprint density at radius 3 is 1.50 bits per heavy atom. The molecule has 0 saturated heterocycles. The molecule has 0 saturated carbocycles. The summed E-state index contributed by atoms with van der Waals surface area (Å²) in [7, 11) is 2.63. The quantitative estimate of drug-likeness (QED) is 0.249. The third-order valence-electron chi connectivity index (χ3n) is 3.04. The van der Waals surface area contributed by atoms with E-state index in [0.29, 0.717) is 5.92 Å². The monoisotopic (exact) mass is 411 g/mol. The molecule has 22 heavy (non-hydrogen) atoms. The largest absolute Gasteiger partial charge is 2.00 e. The molecule has 128 valence electrons. The van der Waals surface area contributed by atoms with Crippen molar-refractivity contribution in [1.82, 2.24) is 0 Å². The van der Waals surface area contributed by atoms with Crippen LogP contribution < -0.4 is 30.1 Å². The second-order valence-corrected chi connectivity index (χ2v) is 4.88. The first-order valence-corrected chi connectivity index (χ1v) is 6.18. The number of rotatable bonds is 0. The van der Waals surface area contributed by atoms with E-state index in [2.05, 4.69) is 43.0 Å². The molecule has 2 atom stereocenters. The molecule has 2 rings (SSSR count). The van der Waals surface area contributed by atoms with Gasteiger partial charge in [-0.3, -0.25) is 6.08 Å². The minimum atomic E-state index is 0. The van der Waals surface area contributed by atoms with E-state index in [1.54, 1.807) is 0 Å². The number of benzene rings is 1. The Kier molecular flexibility index (Phi) is 34.3. The van der Waals surface area contributed by atoms with Crippen molar-refractivity contribution in [3.63, 3.8) is 0 Å². The molecular weight excluding hydrogens is 382 g/mol. The summed E-state index contributed by atoms with van der Waals surface area (Å²) in [6.45, 7) is 8.67. The molecule has 0 nitrogen and oxygen atoms in total. The standard InChI is InChI=1S/C9H13.C6H7P.2CH3.2ClH.H4Si.Ti/c1-6-5-7(2)9(4)8(6)3;7-6-4-2-1-3-5-6;;;;;;/h6H,1-4H3;1-5H,7H2;2*1H3;2*1H;1H4;/q-1;;2*-1;;;;+2/p-2. The second kappa shape index (κ2) is 19.7. The summed E-state index contributed by atoms with van der Waals surface area (Å²) < 4.78 is 0. The normalized spacial score (nSPS) is 13.9. The van der Waals surface area contributed by atoms with Gasteiger partial charge in [0.05, 0.1) is 0 Å². The third-order valence-corrected chi connectivity index (χ3v) is 3.42. The Labute approximate surface area is 172 Å². The van der Waals surface area contributed by atoms with Gasteiger partial charge in [0.15, 0.2) is 0 Å². The average Bonchev–Trinajstić information content (AvgIpc) is 2.48. The van der Waals surface area contributed by atoms with Crippen LogP contribution in [-0.2, 0) is 21.7 Å². The molecule has 2 unspecified atom stereocenters. The van der Waals surface area contributed by atoms with Gasteiger partial charge in [-0.1, -0.05) is 57.0 Å². The fraction of sp³-hybridized carbons (Fsp3) is 0.294. The molecule has 0 heterocycles. The first-order valence-electron chi connectivity index (χ1n) is 5.60. The molecule has 0 radical (unpaired) electrons. The van der Waals surface area contributed by atoms with Gasteiger partial charge in [-0.2, -0.15) is 11.1 Å². The Morgan fingerprint density at radius 1 is 0.955 bits per heavy atom. The van der Waals surface area contributed by atoms with Crippen LogP contribution in [-0.4, -0.2) is 11.0 Å². The van der Waals surface area contributed by atoms with Crippen LogP contribution in [0.15, 0.2) is 47.1 Å². The fourth-order valence-electron chi connectivity index (χ4n) is 1.61. The van der Waals surface area contributed by atoms with Crippen molar-refractivity contribution in [2.24, 2.45) is 5.92 Å². The molecule has 0 fully saturated rings. The molecule has 0 amide bonds. The summed E-state index contributed by atoms with van der Waals surface area (Å²) >= 11 is 0. The van der Waals surface area contributed by atoms with Crippen molar-refractivity contribution in [1.29, 1.82) is 0 Å². The van der Waals surface area contributed by atoms with Crippen LogP contribution in [0.3, 0.4) is 0 Å². The molecule has 1 aliphatic rings. The maximum absolute atomic E-state index is 3.36. The van der Waals surface area contributed by atoms with Gasteiger partial charge >= 0.3 is 21.7 Å². The van der Waals surface area contributed by atoms with Gasteiger partial charge < -0.3 is 39.7 Å². The van der Waals surface area contributed by atoms with Gasteiger partial charge in [0.1, 0.15) is 0 Å². The minimum absolute atomic E-state index is 0. The van der Waals surface area contributed by atoms with E-state index in [1.807, 2.05) is 30.3 Å². The smallest absolute Gasteiger partial charge is 1.00 e. The molecule has 0 aromatic heterocycles. The van der Waals surface area contributed by atoms with Crippen LogP contribution in [0.2, 0.25) is 0 Å². The van der Waals surface area contributed by atoms with E-state index in [4.69, 9.17) is 0 Å². The number of hydrogen-bond acceptors (Lipinski definition) is 0. The zero-order valence-corrected chi connectivity index (χ0v) is 18.0. The fourth-order valence-corrected chi connectivity index (χ4v) is 1.84. The molecule has 1 aliphatic carbocycles. The summed E-state index contributed by atoms with van der Waals surface area (Å²) in [5, 5.41) is 1.24. The topological polar surface area (TPSA) is 0 Å². The summed E-state index contributed by atoms with van der Waals surface area (Å²) in [4.78, 5) is 0. The summed E-state index contributed by atoms with van der Waals surface area (Å²) in [5.74, 6) is 0.560. The summed E-state index contributed by atoms with van der Waals surface area (Å²) in [5.41, 5.74) is 4.25. The molecule has 1 aromatic carbocycles. The summed E-state index contributed by atoms with van der Waals surface area (Å²) in [6.07, 6.45) is 3.36. The van der Waals surface area contributed by atoms with Gasteiger partial charge in [-0.15, -0.1) is 16.2 Å². The Morgan fingerprint density at radius 2 is 1.36 bits per heavy atom. The number of hydrogen-bond donors (Lipinski definition) is 0. The molecular formula is C17H30Cl2PSiTi-3. The van der Waals surface area contributed by atoms with Gasteiger partial charge in [-0.25, -0.2) is 5.57 Å². The first kappa shape index (κ1) is 38.3. The van der Waals surface area contributed by atoms with Crippen LogP contribution in [0, 0.1) is 26.8 Å². The molecule has 0 aliphatic heterocycles. The van der Waals surface area contributed by atoms with Crippen molar-refractivity contribution in [3.05, 3.63) is 68.0 Å². The second-order valence-electron chi connectivity index (χ2n) is 4.21. The van der Waals surface area contributed by atoms with E-state index < -0.39 is 0 Å². The van der Waals surface area contributed by atoms with Gasteiger partial charge in [0.25, 0.3) is 0 Å². The molecule has 0 bridgehead atoms.